The number of likely N-dealkylation sites (tertiary alicyclic amines) is 2. The van der Waals surface area contributed by atoms with Crippen molar-refractivity contribution in [1.29, 1.82) is 5.26 Å². The van der Waals surface area contributed by atoms with E-state index in [-0.39, 0.29) is 11.8 Å². The van der Waals surface area contributed by atoms with Crippen molar-refractivity contribution in [1.82, 2.24) is 9.80 Å². The van der Waals surface area contributed by atoms with Crippen LogP contribution >= 0.6 is 0 Å². The number of fused-ring (bicyclic) bond motifs is 1. The van der Waals surface area contributed by atoms with E-state index < -0.39 is 6.10 Å². The molecule has 200 valence electrons. The molecule has 2 amide bonds. The van der Waals surface area contributed by atoms with Gasteiger partial charge in [-0.3, -0.25) is 9.59 Å². The van der Waals surface area contributed by atoms with E-state index in [1.165, 1.54) is 6.19 Å². The fourth-order valence-electron chi connectivity index (χ4n) is 3.89. The summed E-state index contributed by atoms with van der Waals surface area (Å²) in [6, 6.07) is 7.69. The molecule has 4 N–H and O–H groups in total. The molecule has 2 saturated heterocycles. The van der Waals surface area contributed by atoms with Crippen LogP contribution in [-0.4, -0.2) is 66.3 Å². The van der Waals surface area contributed by atoms with E-state index in [1.54, 1.807) is 11.8 Å². The zero-order valence-corrected chi connectivity index (χ0v) is 21.7. The molecule has 2 aromatic rings. The molecule has 4 rings (SSSR count). The van der Waals surface area contributed by atoms with Crippen LogP contribution in [0.5, 0.6) is 0 Å². The van der Waals surface area contributed by atoms with Gasteiger partial charge in [0.25, 0.3) is 0 Å². The summed E-state index contributed by atoms with van der Waals surface area (Å²) in [7, 11) is 1.87. The summed E-state index contributed by atoms with van der Waals surface area (Å²) in [5.74, 6) is 0.894. The third-order valence-electron chi connectivity index (χ3n) is 5.82. The van der Waals surface area contributed by atoms with Crippen LogP contribution in [-0.2, 0) is 9.59 Å². The predicted octanol–water partition coefficient (Wildman–Crippen LogP) is 3.24. The first-order chi connectivity index (χ1) is 17.9. The van der Waals surface area contributed by atoms with Gasteiger partial charge < -0.3 is 30.4 Å². The Labute approximate surface area is 219 Å². The van der Waals surface area contributed by atoms with Crippen molar-refractivity contribution in [3.05, 3.63) is 30.0 Å². The SMILES string of the molecule is C#C.CNc1ccc2oc(C(C)O)cc2c1.N#CN=CN.O=C(CN1CCCCCC1=O)N1CCCC1. The number of anilines is 1. The number of aliphatic hydroxyl groups excluding tert-OH is 1. The van der Waals surface area contributed by atoms with Crippen molar-refractivity contribution < 1.29 is 19.1 Å². The first-order valence-electron chi connectivity index (χ1n) is 12.3. The van der Waals surface area contributed by atoms with Crippen molar-refractivity contribution in [2.75, 3.05) is 38.5 Å². The maximum atomic E-state index is 11.9. The van der Waals surface area contributed by atoms with E-state index >= 15 is 0 Å². The highest BCUT2D eigenvalue weighted by molar-refractivity contribution is 5.85. The van der Waals surface area contributed by atoms with Gasteiger partial charge in [0.1, 0.15) is 17.4 Å². The van der Waals surface area contributed by atoms with Crippen molar-refractivity contribution in [2.24, 2.45) is 10.7 Å². The van der Waals surface area contributed by atoms with Crippen molar-refractivity contribution >= 4 is 34.8 Å². The van der Waals surface area contributed by atoms with Crippen molar-refractivity contribution in [2.45, 2.75) is 51.6 Å². The Balaban J connectivity index is 0.000000299. The molecular weight excluding hydrogens is 472 g/mol. The molecule has 1 unspecified atom stereocenters. The maximum Gasteiger partial charge on any atom is 0.242 e. The molecule has 0 bridgehead atoms. The Morgan fingerprint density at radius 1 is 1.24 bits per heavy atom. The molecule has 1 aromatic carbocycles. The quantitative estimate of drug-likeness (QED) is 0.247. The first kappa shape index (κ1) is 31.0. The lowest BCUT2D eigenvalue weighted by atomic mass is 10.2. The number of furan rings is 1. The second-order valence-corrected chi connectivity index (χ2v) is 8.42. The molecule has 37 heavy (non-hydrogen) atoms. The van der Waals surface area contributed by atoms with Crippen LogP contribution in [0, 0.1) is 24.3 Å². The average Bonchev–Trinajstić information content (AvgIpc) is 3.56. The minimum absolute atomic E-state index is 0.132. The molecule has 0 aliphatic carbocycles. The van der Waals surface area contributed by atoms with E-state index in [2.05, 4.69) is 28.9 Å². The third-order valence-corrected chi connectivity index (χ3v) is 5.82. The number of nitrogens with one attached hydrogen (secondary N) is 1. The van der Waals surface area contributed by atoms with E-state index in [1.807, 2.05) is 36.2 Å². The van der Waals surface area contributed by atoms with Gasteiger partial charge in [-0.15, -0.1) is 12.8 Å². The molecule has 1 aromatic heterocycles. The van der Waals surface area contributed by atoms with Gasteiger partial charge in [0.15, 0.2) is 0 Å². The highest BCUT2D eigenvalue weighted by Crippen LogP contribution is 2.26. The normalized spacial score (nSPS) is 15.7. The summed E-state index contributed by atoms with van der Waals surface area (Å²) in [6.45, 7) is 4.51. The lowest BCUT2D eigenvalue weighted by molar-refractivity contribution is -0.139. The molecule has 2 aliphatic rings. The molecular formula is C27H38N6O4. The number of hydrogen-bond acceptors (Lipinski definition) is 7. The van der Waals surface area contributed by atoms with Crippen LogP contribution in [0.1, 0.15) is 57.3 Å². The summed E-state index contributed by atoms with van der Waals surface area (Å²) in [6.07, 6.45) is 15.8. The van der Waals surface area contributed by atoms with E-state index in [9.17, 15) is 14.7 Å². The number of aliphatic imine (C=N–C) groups is 1. The molecule has 0 spiro atoms. The molecule has 2 fully saturated rings. The van der Waals surface area contributed by atoms with Crippen LogP contribution in [0.4, 0.5) is 5.69 Å². The van der Waals surface area contributed by atoms with Crippen LogP contribution in [0.3, 0.4) is 0 Å². The van der Waals surface area contributed by atoms with E-state index in [4.69, 9.17) is 9.68 Å². The molecule has 10 nitrogen and oxygen atoms in total. The van der Waals surface area contributed by atoms with Crippen molar-refractivity contribution in [3.8, 4) is 19.0 Å². The second-order valence-electron chi connectivity index (χ2n) is 8.42. The molecule has 0 saturated carbocycles. The van der Waals surface area contributed by atoms with Gasteiger partial charge >= 0.3 is 0 Å². The lowest BCUT2D eigenvalue weighted by Crippen LogP contribution is -2.41. The monoisotopic (exact) mass is 510 g/mol. The molecule has 0 radical (unpaired) electrons. The molecule has 3 heterocycles. The number of carbonyl (C=O) groups is 2. The molecule has 1 atom stereocenters. The lowest BCUT2D eigenvalue weighted by Gasteiger charge is -2.23. The summed E-state index contributed by atoms with van der Waals surface area (Å²) < 4.78 is 5.45. The number of rotatable bonds is 4. The standard InChI is InChI=1S/C12H20N2O2.C11H13NO2.C2H3N3.C2H2/c15-11-6-2-1-3-9-14(11)10-12(16)13-7-4-5-8-13;1-7(13)11-6-8-5-9(12-2)3-4-10(8)14-11;3-1-5-2-4;1-2/h1-10H2;3-7,12-13H,1-2H3;1H,(H2,3,5);1-2H. The number of benzene rings is 1. The Hall–Kier alpha value is -4.02. The fraction of sp³-hybridized carbons (Fsp3) is 0.481. The van der Waals surface area contributed by atoms with Gasteiger partial charge in [-0.25, -0.2) is 0 Å². The summed E-state index contributed by atoms with van der Waals surface area (Å²) in [5, 5.41) is 20.9. The Bertz CT molecular complexity index is 1060. The van der Waals surface area contributed by atoms with Crippen LogP contribution in [0.25, 0.3) is 11.0 Å². The Kier molecular flexibility index (Phi) is 14.6. The van der Waals surface area contributed by atoms with Gasteiger partial charge in [0, 0.05) is 44.2 Å². The Morgan fingerprint density at radius 3 is 2.49 bits per heavy atom. The molecule has 2 aliphatic heterocycles. The summed E-state index contributed by atoms with van der Waals surface area (Å²) in [4.78, 5) is 30.2. The zero-order chi connectivity index (χ0) is 27.6. The predicted molar refractivity (Wildman–Crippen MR) is 145 cm³/mol. The zero-order valence-electron chi connectivity index (χ0n) is 21.7. The topological polar surface area (TPSA) is 148 Å². The van der Waals surface area contributed by atoms with Crippen LogP contribution in [0.2, 0.25) is 0 Å². The molecule has 10 heteroatoms. The minimum Gasteiger partial charge on any atom is -0.458 e. The number of amides is 2. The van der Waals surface area contributed by atoms with Gasteiger partial charge in [-0.1, -0.05) is 6.42 Å². The number of aliphatic hydroxyl groups is 1. The largest absolute Gasteiger partial charge is 0.458 e. The second kappa shape index (κ2) is 17.4. The Morgan fingerprint density at radius 2 is 1.92 bits per heavy atom. The highest BCUT2D eigenvalue weighted by Gasteiger charge is 2.23. The number of nitriles is 1. The van der Waals surface area contributed by atoms with Gasteiger partial charge in [-0.05, 0) is 56.9 Å². The summed E-state index contributed by atoms with van der Waals surface area (Å²) >= 11 is 0. The van der Waals surface area contributed by atoms with E-state index in [0.29, 0.717) is 18.7 Å². The van der Waals surface area contributed by atoms with Gasteiger partial charge in [0.2, 0.25) is 18.0 Å². The first-order valence-corrected chi connectivity index (χ1v) is 12.3. The average molecular weight is 511 g/mol. The summed E-state index contributed by atoms with van der Waals surface area (Å²) in [5.41, 5.74) is 6.47. The number of carbonyl (C=O) groups excluding carboxylic acids is 2. The maximum absolute atomic E-state index is 11.9. The minimum atomic E-state index is -0.555. The third kappa shape index (κ3) is 10.6. The number of nitrogens with zero attached hydrogens (tertiary/aromatic N) is 4. The number of hydrogen-bond donors (Lipinski definition) is 3. The van der Waals surface area contributed by atoms with Gasteiger partial charge in [0.05, 0.1) is 12.9 Å². The van der Waals surface area contributed by atoms with Crippen molar-refractivity contribution in [3.63, 3.8) is 0 Å². The van der Waals surface area contributed by atoms with E-state index in [0.717, 1.165) is 74.7 Å². The number of terminal acetylenes is 1. The smallest absolute Gasteiger partial charge is 0.242 e. The number of nitrogens with two attached hydrogens (primary N) is 1. The van der Waals surface area contributed by atoms with Crippen LogP contribution in [0.15, 0.2) is 33.7 Å². The fourth-order valence-corrected chi connectivity index (χ4v) is 3.89. The van der Waals surface area contributed by atoms with Crippen LogP contribution < -0.4 is 11.1 Å². The highest BCUT2D eigenvalue weighted by atomic mass is 16.4. The van der Waals surface area contributed by atoms with Gasteiger partial charge in [-0.2, -0.15) is 10.3 Å².